The third kappa shape index (κ3) is 2.50. The highest BCUT2D eigenvalue weighted by Crippen LogP contribution is 2.21. The van der Waals surface area contributed by atoms with Gasteiger partial charge in [0.05, 0.1) is 11.0 Å². The third-order valence-electron chi connectivity index (χ3n) is 3.45. The van der Waals surface area contributed by atoms with Gasteiger partial charge in [0, 0.05) is 23.9 Å². The number of rotatable bonds is 4. The molecule has 0 unspecified atom stereocenters. The average Bonchev–Trinajstić information content (AvgIpc) is 2.89. The summed E-state index contributed by atoms with van der Waals surface area (Å²) in [6.07, 6.45) is 1.83. The lowest BCUT2D eigenvalue weighted by Gasteiger charge is -2.24. The number of hydrogen-bond donors (Lipinski definition) is 2. The molecule has 2 N–H and O–H groups in total. The number of anilines is 1. The number of H-pyrrole nitrogens is 1. The summed E-state index contributed by atoms with van der Waals surface area (Å²) in [4.78, 5) is 12.2. The molecule has 3 aromatic rings. The van der Waals surface area contributed by atoms with E-state index >= 15 is 0 Å². The summed E-state index contributed by atoms with van der Waals surface area (Å²) >= 11 is 0. The summed E-state index contributed by atoms with van der Waals surface area (Å²) in [7, 11) is 0. The summed E-state index contributed by atoms with van der Waals surface area (Å²) in [5.74, 6) is 0.801. The minimum Gasteiger partial charge on any atom is -0.355 e. The molecule has 20 heavy (non-hydrogen) atoms. The Morgan fingerprint density at radius 2 is 1.90 bits per heavy atom. The maximum Gasteiger partial charge on any atom is 0.201 e. The highest BCUT2D eigenvalue weighted by Gasteiger charge is 2.22. The van der Waals surface area contributed by atoms with E-state index in [0.29, 0.717) is 0 Å². The monoisotopic (exact) mass is 266 g/mol. The molecule has 0 saturated heterocycles. The van der Waals surface area contributed by atoms with E-state index < -0.39 is 0 Å². The topological polar surface area (TPSA) is 53.6 Å². The van der Waals surface area contributed by atoms with Crippen molar-refractivity contribution in [1.29, 1.82) is 0 Å². The summed E-state index contributed by atoms with van der Waals surface area (Å²) in [5.41, 5.74) is 3.04. The second-order valence-electron chi connectivity index (χ2n) is 5.55. The van der Waals surface area contributed by atoms with Crippen molar-refractivity contribution in [2.45, 2.75) is 19.3 Å². The standard InChI is InChI=1S/C16H18N4/c1-16(2,14-9-5-6-10-17-14)11-18-15-19-12-7-3-4-8-13(12)20-15/h3-10H,11H2,1-2H3,(H2,18,19,20). The minimum absolute atomic E-state index is 0.0553. The van der Waals surface area contributed by atoms with E-state index in [4.69, 9.17) is 0 Å². The van der Waals surface area contributed by atoms with Crippen LogP contribution in [-0.4, -0.2) is 21.5 Å². The van der Waals surface area contributed by atoms with E-state index in [0.717, 1.165) is 29.2 Å². The number of aromatic amines is 1. The first kappa shape index (κ1) is 12.7. The van der Waals surface area contributed by atoms with Gasteiger partial charge in [-0.15, -0.1) is 0 Å². The molecule has 0 aliphatic rings. The largest absolute Gasteiger partial charge is 0.355 e. The molecule has 2 heterocycles. The fourth-order valence-electron chi connectivity index (χ4n) is 2.19. The van der Waals surface area contributed by atoms with Gasteiger partial charge in [0.15, 0.2) is 0 Å². The van der Waals surface area contributed by atoms with E-state index in [9.17, 15) is 0 Å². The zero-order valence-corrected chi connectivity index (χ0v) is 11.7. The molecule has 1 aromatic carbocycles. The zero-order valence-electron chi connectivity index (χ0n) is 11.7. The lowest BCUT2D eigenvalue weighted by atomic mass is 9.89. The van der Waals surface area contributed by atoms with Crippen LogP contribution in [0.1, 0.15) is 19.5 Å². The quantitative estimate of drug-likeness (QED) is 0.761. The lowest BCUT2D eigenvalue weighted by Crippen LogP contribution is -2.28. The van der Waals surface area contributed by atoms with Crippen LogP contribution in [0, 0.1) is 0 Å². The predicted octanol–water partition coefficient (Wildman–Crippen LogP) is 3.35. The predicted molar refractivity (Wildman–Crippen MR) is 81.8 cm³/mol. The molecule has 3 rings (SSSR count). The number of pyridine rings is 1. The van der Waals surface area contributed by atoms with Crippen LogP contribution in [0.15, 0.2) is 48.7 Å². The molecule has 0 amide bonds. The Labute approximate surface area is 118 Å². The van der Waals surface area contributed by atoms with Gasteiger partial charge in [-0.3, -0.25) is 4.98 Å². The molecule has 0 aliphatic heterocycles. The maximum atomic E-state index is 4.52. The highest BCUT2D eigenvalue weighted by molar-refractivity contribution is 5.77. The number of nitrogens with one attached hydrogen (secondary N) is 2. The van der Waals surface area contributed by atoms with E-state index in [1.54, 1.807) is 0 Å². The van der Waals surface area contributed by atoms with E-state index in [-0.39, 0.29) is 5.41 Å². The number of aromatic nitrogens is 3. The molecular formula is C16H18N4. The van der Waals surface area contributed by atoms with Crippen molar-refractivity contribution < 1.29 is 0 Å². The molecule has 0 atom stereocenters. The summed E-state index contributed by atoms with van der Waals surface area (Å²) in [6, 6.07) is 14.0. The van der Waals surface area contributed by atoms with Gasteiger partial charge in [0.25, 0.3) is 0 Å². The third-order valence-corrected chi connectivity index (χ3v) is 3.45. The van der Waals surface area contributed by atoms with Crippen LogP contribution in [0.5, 0.6) is 0 Å². The summed E-state index contributed by atoms with van der Waals surface area (Å²) < 4.78 is 0. The number of imidazole rings is 1. The molecular weight excluding hydrogens is 248 g/mol. The Bertz CT molecular complexity index is 668. The van der Waals surface area contributed by atoms with E-state index in [2.05, 4.69) is 40.2 Å². The van der Waals surface area contributed by atoms with Crippen LogP contribution in [0.25, 0.3) is 11.0 Å². The van der Waals surface area contributed by atoms with Gasteiger partial charge in [-0.25, -0.2) is 4.98 Å². The second-order valence-corrected chi connectivity index (χ2v) is 5.55. The Balaban J connectivity index is 1.75. The van der Waals surface area contributed by atoms with Crippen molar-refractivity contribution in [1.82, 2.24) is 15.0 Å². The van der Waals surface area contributed by atoms with Crippen molar-refractivity contribution in [3.05, 3.63) is 54.4 Å². The Morgan fingerprint density at radius 3 is 2.65 bits per heavy atom. The Morgan fingerprint density at radius 1 is 1.10 bits per heavy atom. The van der Waals surface area contributed by atoms with Gasteiger partial charge in [0.1, 0.15) is 0 Å². The van der Waals surface area contributed by atoms with Crippen molar-refractivity contribution >= 4 is 17.0 Å². The van der Waals surface area contributed by atoms with Crippen LogP contribution < -0.4 is 5.32 Å². The molecule has 0 radical (unpaired) electrons. The first-order valence-corrected chi connectivity index (χ1v) is 6.75. The second kappa shape index (κ2) is 4.96. The first-order valence-electron chi connectivity index (χ1n) is 6.75. The van der Waals surface area contributed by atoms with Crippen LogP contribution in [0.4, 0.5) is 5.95 Å². The van der Waals surface area contributed by atoms with Gasteiger partial charge in [-0.1, -0.05) is 32.0 Å². The van der Waals surface area contributed by atoms with Gasteiger partial charge < -0.3 is 10.3 Å². The number of benzene rings is 1. The summed E-state index contributed by atoms with van der Waals surface area (Å²) in [5, 5.41) is 3.37. The highest BCUT2D eigenvalue weighted by atomic mass is 15.1. The number of hydrogen-bond acceptors (Lipinski definition) is 3. The molecule has 0 saturated carbocycles. The smallest absolute Gasteiger partial charge is 0.201 e. The van der Waals surface area contributed by atoms with Crippen molar-refractivity contribution in [2.75, 3.05) is 11.9 Å². The molecule has 0 spiro atoms. The lowest BCUT2D eigenvalue weighted by molar-refractivity contribution is 0.537. The van der Waals surface area contributed by atoms with Crippen molar-refractivity contribution in [3.63, 3.8) is 0 Å². The average molecular weight is 266 g/mol. The number of fused-ring (bicyclic) bond motifs is 1. The van der Waals surface area contributed by atoms with Gasteiger partial charge in [-0.05, 0) is 24.3 Å². The molecule has 0 fully saturated rings. The first-order chi connectivity index (χ1) is 9.65. The zero-order chi connectivity index (χ0) is 14.0. The molecule has 4 nitrogen and oxygen atoms in total. The van der Waals surface area contributed by atoms with Crippen LogP contribution in [0.2, 0.25) is 0 Å². The van der Waals surface area contributed by atoms with Crippen LogP contribution in [-0.2, 0) is 5.41 Å². The molecule has 102 valence electrons. The number of para-hydroxylation sites is 2. The molecule has 2 aromatic heterocycles. The maximum absolute atomic E-state index is 4.52. The Kier molecular flexibility index (Phi) is 3.14. The van der Waals surface area contributed by atoms with Crippen molar-refractivity contribution in [2.24, 2.45) is 0 Å². The fraction of sp³-hybridized carbons (Fsp3) is 0.250. The number of nitrogens with zero attached hydrogens (tertiary/aromatic N) is 2. The SMILES string of the molecule is CC(C)(CNc1nc2ccccc2[nH]1)c1ccccn1. The molecule has 0 bridgehead atoms. The van der Waals surface area contributed by atoms with E-state index in [1.165, 1.54) is 0 Å². The summed E-state index contributed by atoms with van der Waals surface area (Å²) in [6.45, 7) is 5.11. The van der Waals surface area contributed by atoms with Crippen molar-refractivity contribution in [3.8, 4) is 0 Å². The fourth-order valence-corrected chi connectivity index (χ4v) is 2.19. The van der Waals surface area contributed by atoms with Gasteiger partial charge in [-0.2, -0.15) is 0 Å². The minimum atomic E-state index is -0.0553. The molecule has 4 heteroatoms. The normalized spacial score (nSPS) is 11.7. The Hall–Kier alpha value is -2.36. The van der Waals surface area contributed by atoms with E-state index in [1.807, 2.05) is 42.6 Å². The van der Waals surface area contributed by atoms with Gasteiger partial charge >= 0.3 is 0 Å². The molecule has 0 aliphatic carbocycles. The van der Waals surface area contributed by atoms with Gasteiger partial charge in [0.2, 0.25) is 5.95 Å². The van der Waals surface area contributed by atoms with Crippen LogP contribution in [0.3, 0.4) is 0 Å². The van der Waals surface area contributed by atoms with Crippen LogP contribution >= 0.6 is 0 Å².